The monoisotopic (exact) mass is 248 g/mol. The first kappa shape index (κ1) is 11.9. The number of pyridine rings is 1. The maximum Gasteiger partial charge on any atom is 0.219 e. The first-order chi connectivity index (χ1) is 8.28. The van der Waals surface area contributed by atoms with Crippen LogP contribution in [0.25, 0.3) is 0 Å². The molecule has 17 heavy (non-hydrogen) atoms. The molecule has 0 spiro atoms. The number of hydrogen-bond acceptors (Lipinski definition) is 3. The van der Waals surface area contributed by atoms with E-state index in [4.69, 9.17) is 22.1 Å². The Morgan fingerprint density at radius 2 is 1.88 bits per heavy atom. The van der Waals surface area contributed by atoms with Crippen molar-refractivity contribution in [2.75, 3.05) is 6.54 Å². The summed E-state index contributed by atoms with van der Waals surface area (Å²) in [6.45, 7) is 0.581. The summed E-state index contributed by atoms with van der Waals surface area (Å²) >= 11 is 5.80. The van der Waals surface area contributed by atoms with Gasteiger partial charge in [0.2, 0.25) is 5.88 Å². The Morgan fingerprint density at radius 3 is 2.59 bits per heavy atom. The Bertz CT molecular complexity index is 485. The van der Waals surface area contributed by atoms with Gasteiger partial charge >= 0.3 is 0 Å². The molecule has 2 N–H and O–H groups in total. The van der Waals surface area contributed by atoms with E-state index in [1.165, 1.54) is 0 Å². The van der Waals surface area contributed by atoms with Crippen molar-refractivity contribution in [1.29, 1.82) is 0 Å². The van der Waals surface area contributed by atoms with Gasteiger partial charge in [-0.15, -0.1) is 0 Å². The molecule has 0 radical (unpaired) electrons. The number of hydrogen-bond donors (Lipinski definition) is 1. The number of nitrogens with zero attached hydrogens (tertiary/aromatic N) is 1. The van der Waals surface area contributed by atoms with E-state index in [1.807, 2.05) is 18.2 Å². The molecule has 0 fully saturated rings. The SMILES string of the molecule is NCCc1cccc(Oc2ccc(Cl)cc2)n1. The molecule has 0 saturated carbocycles. The first-order valence-corrected chi connectivity index (χ1v) is 5.75. The van der Waals surface area contributed by atoms with Crippen molar-refractivity contribution in [2.45, 2.75) is 6.42 Å². The molecule has 3 nitrogen and oxygen atoms in total. The lowest BCUT2D eigenvalue weighted by Gasteiger charge is -2.06. The molecule has 1 aromatic heterocycles. The topological polar surface area (TPSA) is 48.1 Å². The van der Waals surface area contributed by atoms with Gasteiger partial charge in [-0.05, 0) is 36.9 Å². The number of ether oxygens (including phenoxy) is 1. The average molecular weight is 249 g/mol. The summed E-state index contributed by atoms with van der Waals surface area (Å²) in [6, 6.07) is 12.8. The van der Waals surface area contributed by atoms with Crippen molar-refractivity contribution in [3.05, 3.63) is 53.2 Å². The van der Waals surface area contributed by atoms with E-state index in [9.17, 15) is 0 Å². The highest BCUT2D eigenvalue weighted by atomic mass is 35.5. The van der Waals surface area contributed by atoms with Gasteiger partial charge in [-0.1, -0.05) is 17.7 Å². The van der Waals surface area contributed by atoms with Gasteiger partial charge in [-0.2, -0.15) is 0 Å². The molecular weight excluding hydrogens is 236 g/mol. The minimum atomic E-state index is 0.568. The Balaban J connectivity index is 2.12. The van der Waals surface area contributed by atoms with Crippen LogP contribution >= 0.6 is 11.6 Å². The van der Waals surface area contributed by atoms with Crippen LogP contribution in [0.5, 0.6) is 11.6 Å². The van der Waals surface area contributed by atoms with Crippen LogP contribution < -0.4 is 10.5 Å². The molecule has 2 aromatic rings. The molecule has 0 aliphatic heterocycles. The number of halogens is 1. The predicted molar refractivity (Wildman–Crippen MR) is 68.5 cm³/mol. The van der Waals surface area contributed by atoms with Crippen molar-refractivity contribution in [2.24, 2.45) is 5.73 Å². The van der Waals surface area contributed by atoms with Gasteiger partial charge in [0.1, 0.15) is 5.75 Å². The Labute approximate surface area is 105 Å². The molecule has 88 valence electrons. The molecule has 0 unspecified atom stereocenters. The zero-order chi connectivity index (χ0) is 12.1. The normalized spacial score (nSPS) is 10.2. The predicted octanol–water partition coefficient (Wildman–Crippen LogP) is 3.03. The summed E-state index contributed by atoms with van der Waals surface area (Å²) in [6.07, 6.45) is 0.748. The van der Waals surface area contributed by atoms with Gasteiger partial charge in [0, 0.05) is 23.2 Å². The largest absolute Gasteiger partial charge is 0.439 e. The lowest BCUT2D eigenvalue weighted by atomic mass is 10.3. The number of nitrogens with two attached hydrogens (primary N) is 1. The molecule has 0 amide bonds. The van der Waals surface area contributed by atoms with E-state index in [0.29, 0.717) is 23.2 Å². The lowest BCUT2D eigenvalue weighted by molar-refractivity contribution is 0.461. The maximum atomic E-state index is 5.80. The summed E-state index contributed by atoms with van der Waals surface area (Å²) in [5.74, 6) is 1.28. The van der Waals surface area contributed by atoms with Crippen molar-refractivity contribution in [3.63, 3.8) is 0 Å². The van der Waals surface area contributed by atoms with Gasteiger partial charge < -0.3 is 10.5 Å². The van der Waals surface area contributed by atoms with Crippen molar-refractivity contribution in [1.82, 2.24) is 4.98 Å². The minimum absolute atomic E-state index is 0.568. The number of benzene rings is 1. The summed E-state index contributed by atoms with van der Waals surface area (Å²) < 4.78 is 5.61. The molecule has 0 aliphatic carbocycles. The summed E-state index contributed by atoms with van der Waals surface area (Å²) in [5.41, 5.74) is 6.41. The third kappa shape index (κ3) is 3.44. The third-order valence-electron chi connectivity index (χ3n) is 2.22. The average Bonchev–Trinajstić information content (AvgIpc) is 2.33. The van der Waals surface area contributed by atoms with E-state index < -0.39 is 0 Å². The Hall–Kier alpha value is -1.58. The maximum absolute atomic E-state index is 5.80. The van der Waals surface area contributed by atoms with Crippen molar-refractivity contribution < 1.29 is 4.74 Å². The molecule has 2 rings (SSSR count). The second kappa shape index (κ2) is 5.66. The van der Waals surface area contributed by atoms with E-state index in [-0.39, 0.29) is 0 Å². The zero-order valence-electron chi connectivity index (χ0n) is 9.27. The second-order valence-corrected chi connectivity index (χ2v) is 4.00. The summed E-state index contributed by atoms with van der Waals surface area (Å²) in [4.78, 5) is 4.34. The van der Waals surface area contributed by atoms with E-state index in [2.05, 4.69) is 4.98 Å². The van der Waals surface area contributed by atoms with Crippen LogP contribution in [-0.2, 0) is 6.42 Å². The Morgan fingerprint density at radius 1 is 1.12 bits per heavy atom. The summed E-state index contributed by atoms with van der Waals surface area (Å²) in [5, 5.41) is 0.683. The highest BCUT2D eigenvalue weighted by Crippen LogP contribution is 2.21. The van der Waals surface area contributed by atoms with Gasteiger partial charge in [-0.25, -0.2) is 4.98 Å². The van der Waals surface area contributed by atoms with Crippen LogP contribution in [0.4, 0.5) is 0 Å². The smallest absolute Gasteiger partial charge is 0.219 e. The van der Waals surface area contributed by atoms with Crippen LogP contribution in [0.2, 0.25) is 5.02 Å². The number of rotatable bonds is 4. The summed E-state index contributed by atoms with van der Waals surface area (Å²) in [7, 11) is 0. The fourth-order valence-corrected chi connectivity index (χ4v) is 1.55. The van der Waals surface area contributed by atoms with Gasteiger partial charge in [0.15, 0.2) is 0 Å². The molecule has 4 heteroatoms. The highest BCUT2D eigenvalue weighted by Gasteiger charge is 2.00. The Kier molecular flexibility index (Phi) is 3.96. The highest BCUT2D eigenvalue weighted by molar-refractivity contribution is 6.30. The standard InChI is InChI=1S/C13H13ClN2O/c14-10-4-6-12(7-5-10)17-13-3-1-2-11(16-13)8-9-15/h1-7H,8-9,15H2. The van der Waals surface area contributed by atoms with Gasteiger partial charge in [0.25, 0.3) is 0 Å². The van der Waals surface area contributed by atoms with Crippen LogP contribution in [0.1, 0.15) is 5.69 Å². The molecular formula is C13H13ClN2O. The zero-order valence-corrected chi connectivity index (χ0v) is 10.0. The number of aromatic nitrogens is 1. The third-order valence-corrected chi connectivity index (χ3v) is 2.47. The fourth-order valence-electron chi connectivity index (χ4n) is 1.42. The van der Waals surface area contributed by atoms with Crippen LogP contribution in [-0.4, -0.2) is 11.5 Å². The van der Waals surface area contributed by atoms with Gasteiger partial charge in [-0.3, -0.25) is 0 Å². The van der Waals surface area contributed by atoms with Crippen molar-refractivity contribution >= 4 is 11.6 Å². The molecule has 0 saturated heterocycles. The van der Waals surface area contributed by atoms with E-state index >= 15 is 0 Å². The van der Waals surface area contributed by atoms with Crippen LogP contribution in [0.3, 0.4) is 0 Å². The van der Waals surface area contributed by atoms with Crippen LogP contribution in [0, 0.1) is 0 Å². The molecule has 0 aliphatic rings. The van der Waals surface area contributed by atoms with E-state index in [0.717, 1.165) is 12.1 Å². The van der Waals surface area contributed by atoms with Crippen LogP contribution in [0.15, 0.2) is 42.5 Å². The lowest BCUT2D eigenvalue weighted by Crippen LogP contribution is -2.04. The molecule has 1 heterocycles. The quantitative estimate of drug-likeness (QED) is 0.905. The molecule has 1 aromatic carbocycles. The molecule has 0 bridgehead atoms. The second-order valence-electron chi connectivity index (χ2n) is 3.56. The fraction of sp³-hybridized carbons (Fsp3) is 0.154. The van der Waals surface area contributed by atoms with Crippen molar-refractivity contribution in [3.8, 4) is 11.6 Å². The first-order valence-electron chi connectivity index (χ1n) is 5.37. The van der Waals surface area contributed by atoms with E-state index in [1.54, 1.807) is 24.3 Å². The molecule has 0 atom stereocenters. The minimum Gasteiger partial charge on any atom is -0.439 e. The van der Waals surface area contributed by atoms with Gasteiger partial charge in [0.05, 0.1) is 0 Å².